The van der Waals surface area contributed by atoms with E-state index >= 15 is 0 Å². The number of rotatable bonds is 38. The zero-order valence-corrected chi connectivity index (χ0v) is 39.8. The van der Waals surface area contributed by atoms with Crippen LogP contribution in [0.4, 0.5) is 0 Å². The van der Waals surface area contributed by atoms with Crippen molar-refractivity contribution in [2.75, 3.05) is 40.5 Å². The minimum Gasteiger partial charge on any atom is -0.466 e. The van der Waals surface area contributed by atoms with Gasteiger partial charge in [0.2, 0.25) is 0 Å². The topological polar surface area (TPSA) is 138 Å². The number of hydrogen-bond donors (Lipinski definition) is 1. The molecular weight excluding hydrogens is 781 g/mol. The van der Waals surface area contributed by atoms with Crippen molar-refractivity contribution in [3.63, 3.8) is 0 Å². The molecule has 0 amide bonds. The maximum atomic E-state index is 12.8. The van der Waals surface area contributed by atoms with Crippen molar-refractivity contribution in [1.29, 1.82) is 0 Å². The molecule has 1 N–H and O–H groups in total. The number of aryl methyl sites for hydroxylation is 5. The summed E-state index contributed by atoms with van der Waals surface area (Å²) in [5, 5.41) is 0. The van der Waals surface area contributed by atoms with Crippen LogP contribution >= 0.6 is 7.82 Å². The van der Waals surface area contributed by atoms with Gasteiger partial charge in [-0.05, 0) is 96.1 Å². The number of carbonyl (C=O) groups is 2. The number of unbranched alkanes of at least 4 members (excludes halogenated alkanes) is 16. The second-order valence-corrected chi connectivity index (χ2v) is 18.5. The summed E-state index contributed by atoms with van der Waals surface area (Å²) in [5.41, 5.74) is 3.88. The molecule has 60 heavy (non-hydrogen) atoms. The molecule has 0 aliphatic rings. The summed E-state index contributed by atoms with van der Waals surface area (Å²) < 4.78 is 46.0. The number of nitrogens with zero attached hydrogens (tertiary/aromatic N) is 1. The maximum absolute atomic E-state index is 12.8. The van der Waals surface area contributed by atoms with E-state index in [0.29, 0.717) is 19.4 Å². The van der Waals surface area contributed by atoms with Gasteiger partial charge in [0.25, 0.3) is 0 Å². The number of likely N-dealkylation sites (N-methyl/N-ethyl adjacent to an activating group) is 1. The molecule has 0 saturated heterocycles. The van der Waals surface area contributed by atoms with Gasteiger partial charge in [-0.2, -0.15) is 0 Å². The van der Waals surface area contributed by atoms with E-state index < -0.39 is 32.5 Å². The molecule has 346 valence electrons. The lowest BCUT2D eigenvalue weighted by molar-refractivity contribution is -0.161. The van der Waals surface area contributed by atoms with Gasteiger partial charge in [-0.3, -0.25) is 18.6 Å². The molecule has 2 aromatic rings. The van der Waals surface area contributed by atoms with Crippen molar-refractivity contribution in [1.82, 2.24) is 4.90 Å². The summed E-state index contributed by atoms with van der Waals surface area (Å²) in [7, 11) is -0.749. The van der Waals surface area contributed by atoms with E-state index in [1.807, 2.05) is 19.0 Å². The average Bonchev–Trinajstić information content (AvgIpc) is 3.69. The third-order valence-electron chi connectivity index (χ3n) is 11.3. The quantitative estimate of drug-likeness (QED) is 0.0392. The summed E-state index contributed by atoms with van der Waals surface area (Å²) in [6.45, 7) is 10.7. The maximum Gasteiger partial charge on any atom is 0.472 e. The lowest BCUT2D eigenvalue weighted by Crippen LogP contribution is -2.29. The SMILES string of the molecule is CCCCCc1cc(C)c(CCCCCCCCCCC(=O)OC[C@H](COP(=O)(O)OCCN(C)C)OC(=O)CCCCCCCCc2oc(CCCCC)c(C)c2C)o1. The van der Waals surface area contributed by atoms with E-state index in [4.69, 9.17) is 27.4 Å². The van der Waals surface area contributed by atoms with E-state index in [1.54, 1.807) is 0 Å². The highest BCUT2D eigenvalue weighted by Gasteiger charge is 2.26. The van der Waals surface area contributed by atoms with E-state index in [1.165, 1.54) is 74.5 Å². The highest BCUT2D eigenvalue weighted by atomic mass is 31.2. The first-order valence-electron chi connectivity index (χ1n) is 23.6. The van der Waals surface area contributed by atoms with Crippen LogP contribution in [0.3, 0.4) is 0 Å². The molecule has 2 atom stereocenters. The van der Waals surface area contributed by atoms with Gasteiger partial charge in [-0.25, -0.2) is 4.57 Å². The molecule has 0 aromatic carbocycles. The van der Waals surface area contributed by atoms with Gasteiger partial charge >= 0.3 is 19.8 Å². The van der Waals surface area contributed by atoms with Crippen molar-refractivity contribution in [3.8, 4) is 0 Å². The fourth-order valence-electron chi connectivity index (χ4n) is 7.29. The third-order valence-corrected chi connectivity index (χ3v) is 12.2. The van der Waals surface area contributed by atoms with E-state index in [-0.39, 0.29) is 26.1 Å². The van der Waals surface area contributed by atoms with Crippen LogP contribution in [0.1, 0.15) is 195 Å². The fraction of sp³-hybridized carbons (Fsp3) is 0.792. The lowest BCUT2D eigenvalue weighted by Gasteiger charge is -2.20. The normalized spacial score (nSPS) is 13.2. The number of hydrogen-bond acceptors (Lipinski definition) is 10. The van der Waals surface area contributed by atoms with Crippen LogP contribution in [-0.4, -0.2) is 68.3 Å². The van der Waals surface area contributed by atoms with Crippen LogP contribution in [-0.2, 0) is 58.4 Å². The molecule has 2 heterocycles. The third kappa shape index (κ3) is 24.9. The molecule has 2 rings (SSSR count). The summed E-state index contributed by atoms with van der Waals surface area (Å²) >= 11 is 0. The summed E-state index contributed by atoms with van der Waals surface area (Å²) in [6, 6.07) is 2.21. The van der Waals surface area contributed by atoms with Crippen molar-refractivity contribution in [2.45, 2.75) is 208 Å². The highest BCUT2D eigenvalue weighted by molar-refractivity contribution is 7.47. The number of esters is 2. The molecule has 1 unspecified atom stereocenters. The van der Waals surface area contributed by atoms with Crippen molar-refractivity contribution in [2.24, 2.45) is 0 Å². The van der Waals surface area contributed by atoms with Gasteiger partial charge in [0.1, 0.15) is 29.6 Å². The molecule has 0 aliphatic heterocycles. The first kappa shape index (κ1) is 53.7. The first-order chi connectivity index (χ1) is 28.8. The molecule has 11 nitrogen and oxygen atoms in total. The monoisotopic (exact) mass is 866 g/mol. The molecule has 0 radical (unpaired) electrons. The number of phosphoric acid groups is 1. The highest BCUT2D eigenvalue weighted by Crippen LogP contribution is 2.43. The van der Waals surface area contributed by atoms with Crippen LogP contribution < -0.4 is 0 Å². The molecule has 0 saturated carbocycles. The smallest absolute Gasteiger partial charge is 0.466 e. The van der Waals surface area contributed by atoms with Crippen molar-refractivity contribution < 1.29 is 46.4 Å². The van der Waals surface area contributed by atoms with Crippen molar-refractivity contribution in [3.05, 3.63) is 45.8 Å². The van der Waals surface area contributed by atoms with E-state index in [9.17, 15) is 19.0 Å². The Kier molecular flexibility index (Phi) is 28.9. The van der Waals surface area contributed by atoms with Crippen LogP contribution in [0, 0.1) is 20.8 Å². The molecule has 0 aliphatic carbocycles. The Labute approximate surface area is 364 Å². The Morgan fingerprint density at radius 3 is 1.67 bits per heavy atom. The van der Waals surface area contributed by atoms with Gasteiger partial charge in [0.15, 0.2) is 6.10 Å². The predicted molar refractivity (Wildman–Crippen MR) is 240 cm³/mol. The number of ether oxygens (including phenoxy) is 2. The fourth-order valence-corrected chi connectivity index (χ4v) is 8.03. The van der Waals surface area contributed by atoms with Gasteiger partial charge in [0.05, 0.1) is 13.2 Å². The second kappa shape index (κ2) is 32.3. The van der Waals surface area contributed by atoms with Crippen molar-refractivity contribution >= 4 is 19.8 Å². The van der Waals surface area contributed by atoms with Gasteiger partial charge < -0.3 is 28.1 Å². The Balaban J connectivity index is 1.64. The molecule has 0 fully saturated rings. The largest absolute Gasteiger partial charge is 0.472 e. The van der Waals surface area contributed by atoms with E-state index in [2.05, 4.69) is 40.7 Å². The summed E-state index contributed by atoms with van der Waals surface area (Å²) in [5.74, 6) is 3.70. The number of phosphoric ester groups is 1. The minimum atomic E-state index is -4.39. The molecule has 12 heteroatoms. The van der Waals surface area contributed by atoms with Crippen LogP contribution in [0.2, 0.25) is 0 Å². The van der Waals surface area contributed by atoms with Gasteiger partial charge in [0, 0.05) is 45.1 Å². The van der Waals surface area contributed by atoms with Crippen LogP contribution in [0.5, 0.6) is 0 Å². The summed E-state index contributed by atoms with van der Waals surface area (Å²) in [4.78, 5) is 37.3. The Morgan fingerprint density at radius 2 is 1.12 bits per heavy atom. The Bertz CT molecular complexity index is 1480. The summed E-state index contributed by atoms with van der Waals surface area (Å²) in [6.07, 6.45) is 25.1. The minimum absolute atomic E-state index is 0.00601. The van der Waals surface area contributed by atoms with E-state index in [0.717, 1.165) is 107 Å². The van der Waals surface area contributed by atoms with Gasteiger partial charge in [-0.1, -0.05) is 104 Å². The molecule has 2 aromatic heterocycles. The lowest BCUT2D eigenvalue weighted by atomic mass is 10.0. The Hall–Kier alpha value is -2.43. The average molecular weight is 866 g/mol. The van der Waals surface area contributed by atoms with Crippen LogP contribution in [0.25, 0.3) is 0 Å². The molecule has 0 bridgehead atoms. The zero-order chi connectivity index (χ0) is 44.0. The van der Waals surface area contributed by atoms with Crippen LogP contribution in [0.15, 0.2) is 14.9 Å². The standard InChI is InChI=1S/C48H84NO10P/c1-8-10-22-28-42-36-39(3)44(57-42)29-24-18-14-12-13-15-20-26-32-47(50)54-37-43(38-56-60(52,53)55-35-34-49(6)7)58-48(51)33-27-21-17-16-19-25-31-46-41(5)40(4)45(59-46)30-23-11-9-2/h36,43H,8-35,37-38H2,1-7H3,(H,52,53)/t43-/m1/s1. The number of furan rings is 2. The zero-order valence-electron chi connectivity index (χ0n) is 38.9. The predicted octanol–water partition coefficient (Wildman–Crippen LogP) is 12.4. The number of carbonyl (C=O) groups excluding carboxylic acids is 2. The van der Waals surface area contributed by atoms with Gasteiger partial charge in [-0.15, -0.1) is 0 Å². The Morgan fingerprint density at radius 1 is 0.633 bits per heavy atom. The molecule has 0 spiro atoms. The second-order valence-electron chi connectivity index (χ2n) is 17.1. The first-order valence-corrected chi connectivity index (χ1v) is 25.1. The molecular formula is C48H84NO10P.